The molecule has 102 valence electrons. The van der Waals surface area contributed by atoms with Gasteiger partial charge >= 0.3 is 0 Å². The second-order valence-electron chi connectivity index (χ2n) is 4.16. The van der Waals surface area contributed by atoms with Gasteiger partial charge < -0.3 is 0 Å². The quantitative estimate of drug-likeness (QED) is 0.615. The van der Waals surface area contributed by atoms with Crippen LogP contribution in [-0.2, 0) is 0 Å². The summed E-state index contributed by atoms with van der Waals surface area (Å²) in [7, 11) is 0. The molecule has 3 aromatic heterocycles. The molecule has 1 aromatic carbocycles. The molecule has 0 spiro atoms. The number of amides is 1. The number of benzene rings is 1. The standard InChI is InChI=1S/C13H7N5OS2/c19-12(11-14-4-1-5-15-11)18-13-17-8-3-2-7-9(10(8)21-13)20-6-16-7/h1-6H,(H,17,18,19). The number of hydrogen-bond donors (Lipinski definition) is 1. The molecule has 0 saturated heterocycles. The zero-order chi connectivity index (χ0) is 14.2. The number of fused-ring (bicyclic) bond motifs is 3. The van der Waals surface area contributed by atoms with E-state index < -0.39 is 0 Å². The highest BCUT2D eigenvalue weighted by Crippen LogP contribution is 2.34. The molecule has 0 aliphatic rings. The summed E-state index contributed by atoms with van der Waals surface area (Å²) in [4.78, 5) is 28.6. The molecule has 0 aliphatic carbocycles. The molecule has 1 amide bonds. The number of aromatic nitrogens is 4. The van der Waals surface area contributed by atoms with E-state index in [1.54, 1.807) is 22.9 Å². The van der Waals surface area contributed by atoms with E-state index in [9.17, 15) is 4.79 Å². The highest BCUT2D eigenvalue weighted by atomic mass is 32.1. The zero-order valence-corrected chi connectivity index (χ0v) is 12.1. The summed E-state index contributed by atoms with van der Waals surface area (Å²) in [6.45, 7) is 0. The lowest BCUT2D eigenvalue weighted by Crippen LogP contribution is -2.14. The SMILES string of the molecule is O=C(Nc1nc2ccc3ncsc3c2s1)c1ncccn1. The van der Waals surface area contributed by atoms with Crippen LogP contribution in [0.5, 0.6) is 0 Å². The Morgan fingerprint density at radius 1 is 1.05 bits per heavy atom. The predicted molar refractivity (Wildman–Crippen MR) is 82.8 cm³/mol. The summed E-state index contributed by atoms with van der Waals surface area (Å²) in [6, 6.07) is 5.50. The van der Waals surface area contributed by atoms with Crippen LogP contribution in [0.3, 0.4) is 0 Å². The van der Waals surface area contributed by atoms with Crippen molar-refractivity contribution in [2.75, 3.05) is 5.32 Å². The smallest absolute Gasteiger partial charge is 0.295 e. The van der Waals surface area contributed by atoms with E-state index in [2.05, 4.69) is 25.3 Å². The van der Waals surface area contributed by atoms with Gasteiger partial charge in [-0.05, 0) is 18.2 Å². The zero-order valence-electron chi connectivity index (χ0n) is 10.5. The first kappa shape index (κ1) is 12.3. The normalized spacial score (nSPS) is 11.0. The fraction of sp³-hybridized carbons (Fsp3) is 0. The van der Waals surface area contributed by atoms with Crippen molar-refractivity contribution in [3.63, 3.8) is 0 Å². The van der Waals surface area contributed by atoms with E-state index in [0.29, 0.717) is 5.13 Å². The molecule has 0 atom stereocenters. The van der Waals surface area contributed by atoms with E-state index >= 15 is 0 Å². The largest absolute Gasteiger partial charge is 0.295 e. The number of hydrogen-bond acceptors (Lipinski definition) is 7. The van der Waals surface area contributed by atoms with E-state index in [-0.39, 0.29) is 11.7 Å². The summed E-state index contributed by atoms with van der Waals surface area (Å²) in [5, 5.41) is 3.26. The lowest BCUT2D eigenvalue weighted by Gasteiger charge is -1.98. The lowest BCUT2D eigenvalue weighted by molar-refractivity contribution is 0.101. The minimum Gasteiger partial charge on any atom is -0.295 e. The van der Waals surface area contributed by atoms with Gasteiger partial charge in [-0.3, -0.25) is 10.1 Å². The number of anilines is 1. The van der Waals surface area contributed by atoms with Crippen LogP contribution in [0, 0.1) is 0 Å². The maximum atomic E-state index is 12.0. The van der Waals surface area contributed by atoms with Gasteiger partial charge in [0.2, 0.25) is 5.82 Å². The average Bonchev–Trinajstić information content (AvgIpc) is 3.12. The fourth-order valence-electron chi connectivity index (χ4n) is 1.93. The molecule has 8 heteroatoms. The number of rotatable bonds is 2. The van der Waals surface area contributed by atoms with Gasteiger partial charge in [0.05, 0.1) is 25.9 Å². The van der Waals surface area contributed by atoms with Gasteiger partial charge in [-0.1, -0.05) is 11.3 Å². The Balaban J connectivity index is 1.72. The van der Waals surface area contributed by atoms with Crippen LogP contribution in [0.2, 0.25) is 0 Å². The van der Waals surface area contributed by atoms with Crippen molar-refractivity contribution in [3.8, 4) is 0 Å². The summed E-state index contributed by atoms with van der Waals surface area (Å²) < 4.78 is 2.11. The molecular weight excluding hydrogens is 306 g/mol. The molecule has 6 nitrogen and oxygen atoms in total. The number of nitrogens with one attached hydrogen (secondary N) is 1. The molecule has 0 bridgehead atoms. The van der Waals surface area contributed by atoms with Gasteiger partial charge in [0.15, 0.2) is 5.13 Å². The second-order valence-corrected chi connectivity index (χ2v) is 6.01. The van der Waals surface area contributed by atoms with Crippen LogP contribution in [0.15, 0.2) is 36.1 Å². The highest BCUT2D eigenvalue weighted by molar-refractivity contribution is 7.28. The van der Waals surface area contributed by atoms with Gasteiger partial charge in [0, 0.05) is 12.4 Å². The monoisotopic (exact) mass is 313 g/mol. The van der Waals surface area contributed by atoms with Crippen LogP contribution in [0.1, 0.15) is 10.6 Å². The molecule has 21 heavy (non-hydrogen) atoms. The van der Waals surface area contributed by atoms with Crippen molar-refractivity contribution in [1.82, 2.24) is 19.9 Å². The summed E-state index contributed by atoms with van der Waals surface area (Å²) in [5.74, 6) is -0.241. The summed E-state index contributed by atoms with van der Waals surface area (Å²) >= 11 is 2.99. The fourth-order valence-corrected chi connectivity index (χ4v) is 3.82. The van der Waals surface area contributed by atoms with Crippen molar-refractivity contribution < 1.29 is 4.79 Å². The van der Waals surface area contributed by atoms with Crippen LogP contribution in [0.4, 0.5) is 5.13 Å². The van der Waals surface area contributed by atoms with E-state index in [1.807, 2.05) is 12.1 Å². The molecule has 0 saturated carbocycles. The molecule has 0 unspecified atom stereocenters. The van der Waals surface area contributed by atoms with Gasteiger partial charge in [0.1, 0.15) is 0 Å². The van der Waals surface area contributed by atoms with Gasteiger partial charge in [-0.2, -0.15) is 0 Å². The van der Waals surface area contributed by atoms with Crippen molar-refractivity contribution in [1.29, 1.82) is 0 Å². The summed E-state index contributed by atoms with van der Waals surface area (Å²) in [6.07, 6.45) is 3.06. The van der Waals surface area contributed by atoms with Crippen LogP contribution in [0.25, 0.3) is 20.4 Å². The van der Waals surface area contributed by atoms with Crippen LogP contribution >= 0.6 is 22.7 Å². The van der Waals surface area contributed by atoms with Gasteiger partial charge in [0.25, 0.3) is 5.91 Å². The van der Waals surface area contributed by atoms with Crippen molar-refractivity contribution in [2.45, 2.75) is 0 Å². The minimum atomic E-state index is -0.366. The number of carbonyl (C=O) groups is 1. The van der Waals surface area contributed by atoms with Crippen molar-refractivity contribution in [2.24, 2.45) is 0 Å². The molecule has 0 fully saturated rings. The number of nitrogens with zero attached hydrogens (tertiary/aromatic N) is 4. The second kappa shape index (κ2) is 4.83. The van der Waals surface area contributed by atoms with E-state index in [1.165, 1.54) is 23.7 Å². The average molecular weight is 313 g/mol. The van der Waals surface area contributed by atoms with Crippen LogP contribution in [-0.4, -0.2) is 25.8 Å². The first-order chi connectivity index (χ1) is 10.3. The first-order valence-corrected chi connectivity index (χ1v) is 7.72. The Morgan fingerprint density at radius 3 is 2.71 bits per heavy atom. The third-order valence-electron chi connectivity index (χ3n) is 2.84. The topological polar surface area (TPSA) is 80.7 Å². The maximum Gasteiger partial charge on any atom is 0.295 e. The number of carbonyl (C=O) groups excluding carboxylic acids is 1. The Morgan fingerprint density at radius 2 is 1.86 bits per heavy atom. The minimum absolute atomic E-state index is 0.125. The molecule has 0 radical (unpaired) electrons. The van der Waals surface area contributed by atoms with E-state index in [4.69, 9.17) is 0 Å². The molecule has 3 heterocycles. The Hall–Kier alpha value is -2.45. The third kappa shape index (κ3) is 2.14. The summed E-state index contributed by atoms with van der Waals surface area (Å²) in [5.41, 5.74) is 3.60. The van der Waals surface area contributed by atoms with Crippen LogP contribution < -0.4 is 5.32 Å². The van der Waals surface area contributed by atoms with Gasteiger partial charge in [-0.15, -0.1) is 11.3 Å². The Kier molecular flexibility index (Phi) is 2.83. The molecular formula is C13H7N5OS2. The maximum absolute atomic E-state index is 12.0. The third-order valence-corrected chi connectivity index (χ3v) is 4.84. The molecule has 1 N–H and O–H groups in total. The van der Waals surface area contributed by atoms with Crippen molar-refractivity contribution >= 4 is 54.1 Å². The van der Waals surface area contributed by atoms with Gasteiger partial charge in [-0.25, -0.2) is 19.9 Å². The number of thiazole rings is 2. The van der Waals surface area contributed by atoms with Crippen molar-refractivity contribution in [3.05, 3.63) is 41.9 Å². The van der Waals surface area contributed by atoms with E-state index in [0.717, 1.165) is 20.4 Å². The predicted octanol–water partition coefficient (Wildman–Crippen LogP) is 2.95. The Bertz CT molecular complexity index is 947. The lowest BCUT2D eigenvalue weighted by atomic mass is 10.3. The molecule has 4 aromatic rings. The highest BCUT2D eigenvalue weighted by Gasteiger charge is 2.13. The Labute approximate surface area is 126 Å². The molecule has 4 rings (SSSR count). The first-order valence-electron chi connectivity index (χ1n) is 6.02. The molecule has 0 aliphatic heterocycles.